The standard InChI is InChI=1S/C10H20O9/c11-1-4(13)5(14)3-18-10-9(17)8(16)7(15)6(2-12)19-10/h4-17H,1-3H2/t4-,5+,6?,7-,8?,9?,10-/m1/s1. The molecule has 114 valence electrons. The van der Waals surface area contributed by atoms with E-state index in [1.165, 1.54) is 0 Å². The first-order valence-corrected chi connectivity index (χ1v) is 5.81. The highest BCUT2D eigenvalue weighted by Gasteiger charge is 2.44. The first kappa shape index (κ1) is 16.7. The minimum atomic E-state index is -1.57. The molecule has 9 nitrogen and oxygen atoms in total. The third kappa shape index (κ3) is 4.05. The quantitative estimate of drug-likeness (QED) is 0.255. The monoisotopic (exact) mass is 284 g/mol. The smallest absolute Gasteiger partial charge is 0.186 e. The van der Waals surface area contributed by atoms with E-state index in [2.05, 4.69) is 0 Å². The fourth-order valence-corrected chi connectivity index (χ4v) is 1.63. The zero-order chi connectivity index (χ0) is 14.6. The van der Waals surface area contributed by atoms with Crippen LogP contribution in [0.15, 0.2) is 0 Å². The Morgan fingerprint density at radius 1 is 0.947 bits per heavy atom. The molecular weight excluding hydrogens is 264 g/mol. The van der Waals surface area contributed by atoms with Crippen molar-refractivity contribution in [1.29, 1.82) is 0 Å². The Kier molecular flexibility index (Phi) is 6.53. The van der Waals surface area contributed by atoms with Crippen molar-refractivity contribution in [2.45, 2.75) is 42.9 Å². The van der Waals surface area contributed by atoms with Gasteiger partial charge in [0.15, 0.2) is 6.29 Å². The molecule has 0 aromatic heterocycles. The first-order valence-electron chi connectivity index (χ1n) is 5.81. The van der Waals surface area contributed by atoms with Crippen molar-refractivity contribution >= 4 is 0 Å². The van der Waals surface area contributed by atoms with Crippen LogP contribution < -0.4 is 0 Å². The predicted octanol–water partition coefficient (Wildman–Crippen LogP) is -4.48. The number of ether oxygens (including phenoxy) is 2. The maximum atomic E-state index is 9.59. The van der Waals surface area contributed by atoms with Gasteiger partial charge in [0.05, 0.1) is 19.8 Å². The lowest BCUT2D eigenvalue weighted by atomic mass is 9.99. The molecule has 7 N–H and O–H groups in total. The van der Waals surface area contributed by atoms with Crippen LogP contribution in [0.25, 0.3) is 0 Å². The van der Waals surface area contributed by atoms with Crippen LogP contribution in [-0.2, 0) is 9.47 Å². The summed E-state index contributed by atoms with van der Waals surface area (Å²) in [4.78, 5) is 0. The molecule has 1 fully saturated rings. The van der Waals surface area contributed by atoms with Crippen molar-refractivity contribution in [2.24, 2.45) is 0 Å². The van der Waals surface area contributed by atoms with Crippen molar-refractivity contribution in [3.8, 4) is 0 Å². The van der Waals surface area contributed by atoms with Gasteiger partial charge in [0.2, 0.25) is 0 Å². The number of aliphatic hydroxyl groups is 7. The van der Waals surface area contributed by atoms with Crippen LogP contribution in [0, 0.1) is 0 Å². The Balaban J connectivity index is 2.52. The van der Waals surface area contributed by atoms with Crippen LogP contribution in [0.5, 0.6) is 0 Å². The SMILES string of the molecule is OCC1O[C@@H](OC[C@H](O)[C@H](O)CO)C(O)C(O)[C@@H]1O. The summed E-state index contributed by atoms with van der Waals surface area (Å²) in [6, 6.07) is 0. The van der Waals surface area contributed by atoms with Crippen LogP contribution in [0.4, 0.5) is 0 Å². The number of hydrogen-bond donors (Lipinski definition) is 7. The van der Waals surface area contributed by atoms with Crippen molar-refractivity contribution in [1.82, 2.24) is 0 Å². The number of rotatable bonds is 6. The third-order valence-electron chi connectivity index (χ3n) is 2.91. The molecule has 0 amide bonds. The Bertz CT molecular complexity index is 261. The molecule has 0 saturated carbocycles. The molecule has 1 aliphatic rings. The van der Waals surface area contributed by atoms with Gasteiger partial charge in [-0.1, -0.05) is 0 Å². The van der Waals surface area contributed by atoms with Crippen molar-refractivity contribution in [2.75, 3.05) is 19.8 Å². The van der Waals surface area contributed by atoms with Crippen LogP contribution in [0.2, 0.25) is 0 Å². The van der Waals surface area contributed by atoms with E-state index in [0.29, 0.717) is 0 Å². The summed E-state index contributed by atoms with van der Waals surface area (Å²) < 4.78 is 9.96. The second kappa shape index (κ2) is 7.43. The molecule has 0 bridgehead atoms. The Hall–Kier alpha value is -0.360. The zero-order valence-corrected chi connectivity index (χ0v) is 10.1. The zero-order valence-electron chi connectivity index (χ0n) is 10.1. The van der Waals surface area contributed by atoms with Gasteiger partial charge in [0.1, 0.15) is 36.6 Å². The molecule has 1 rings (SSSR count). The van der Waals surface area contributed by atoms with E-state index in [1.54, 1.807) is 0 Å². The maximum absolute atomic E-state index is 9.59. The Labute approximate surface area is 109 Å². The van der Waals surface area contributed by atoms with Gasteiger partial charge < -0.3 is 45.2 Å². The summed E-state index contributed by atoms with van der Waals surface area (Å²) in [7, 11) is 0. The van der Waals surface area contributed by atoms with Crippen molar-refractivity contribution in [3.05, 3.63) is 0 Å². The average molecular weight is 284 g/mol. The molecule has 0 aromatic rings. The van der Waals surface area contributed by atoms with E-state index >= 15 is 0 Å². The lowest BCUT2D eigenvalue weighted by Gasteiger charge is -2.39. The normalized spacial score (nSPS) is 39.0. The fraction of sp³-hybridized carbons (Fsp3) is 1.00. The summed E-state index contributed by atoms with van der Waals surface area (Å²) in [5, 5.41) is 64.5. The van der Waals surface area contributed by atoms with Crippen molar-refractivity contribution < 1.29 is 45.2 Å². The van der Waals surface area contributed by atoms with E-state index in [-0.39, 0.29) is 0 Å². The summed E-state index contributed by atoms with van der Waals surface area (Å²) in [6.07, 6.45) is -9.94. The maximum Gasteiger partial charge on any atom is 0.186 e. The topological polar surface area (TPSA) is 160 Å². The molecule has 1 heterocycles. The van der Waals surface area contributed by atoms with Gasteiger partial charge in [-0.25, -0.2) is 0 Å². The summed E-state index contributed by atoms with van der Waals surface area (Å²) in [5.41, 5.74) is 0. The lowest BCUT2D eigenvalue weighted by molar-refractivity contribution is -0.306. The summed E-state index contributed by atoms with van der Waals surface area (Å²) >= 11 is 0. The molecule has 0 spiro atoms. The van der Waals surface area contributed by atoms with E-state index in [1.807, 2.05) is 0 Å². The van der Waals surface area contributed by atoms with Gasteiger partial charge in [-0.05, 0) is 0 Å². The van der Waals surface area contributed by atoms with Crippen LogP contribution >= 0.6 is 0 Å². The molecule has 9 heteroatoms. The molecule has 1 aliphatic heterocycles. The van der Waals surface area contributed by atoms with E-state index in [0.717, 1.165) is 0 Å². The van der Waals surface area contributed by atoms with Crippen LogP contribution in [0.1, 0.15) is 0 Å². The Morgan fingerprint density at radius 3 is 2.11 bits per heavy atom. The summed E-state index contributed by atoms with van der Waals surface area (Å²) in [5.74, 6) is 0. The molecule has 7 atom stereocenters. The highest BCUT2D eigenvalue weighted by atomic mass is 16.7. The van der Waals surface area contributed by atoms with Gasteiger partial charge in [-0.3, -0.25) is 0 Å². The average Bonchev–Trinajstić information content (AvgIpc) is 2.42. The van der Waals surface area contributed by atoms with Gasteiger partial charge in [0.25, 0.3) is 0 Å². The molecule has 3 unspecified atom stereocenters. The molecule has 0 aromatic carbocycles. The third-order valence-corrected chi connectivity index (χ3v) is 2.91. The van der Waals surface area contributed by atoms with Gasteiger partial charge >= 0.3 is 0 Å². The number of hydrogen-bond acceptors (Lipinski definition) is 9. The molecule has 0 aliphatic carbocycles. The minimum Gasteiger partial charge on any atom is -0.394 e. The van der Waals surface area contributed by atoms with Crippen molar-refractivity contribution in [3.63, 3.8) is 0 Å². The number of aliphatic hydroxyl groups excluding tert-OH is 7. The largest absolute Gasteiger partial charge is 0.394 e. The summed E-state index contributed by atoms with van der Waals surface area (Å²) in [6.45, 7) is -1.73. The molecule has 1 saturated heterocycles. The molecular formula is C10H20O9. The minimum absolute atomic E-state index is 0.468. The van der Waals surface area contributed by atoms with E-state index in [4.69, 9.17) is 24.8 Å². The van der Waals surface area contributed by atoms with Crippen LogP contribution in [-0.4, -0.2) is 98.5 Å². The van der Waals surface area contributed by atoms with Gasteiger partial charge in [-0.2, -0.15) is 0 Å². The second-order valence-electron chi connectivity index (χ2n) is 4.35. The van der Waals surface area contributed by atoms with E-state index < -0.39 is 62.7 Å². The Morgan fingerprint density at radius 2 is 1.58 bits per heavy atom. The highest BCUT2D eigenvalue weighted by Crippen LogP contribution is 2.22. The second-order valence-corrected chi connectivity index (χ2v) is 4.35. The first-order chi connectivity index (χ1) is 8.92. The lowest BCUT2D eigenvalue weighted by Crippen LogP contribution is -2.59. The van der Waals surface area contributed by atoms with Gasteiger partial charge in [-0.15, -0.1) is 0 Å². The van der Waals surface area contributed by atoms with Crippen LogP contribution in [0.3, 0.4) is 0 Å². The molecule has 0 radical (unpaired) electrons. The highest BCUT2D eigenvalue weighted by molar-refractivity contribution is 4.89. The molecule has 19 heavy (non-hydrogen) atoms. The van der Waals surface area contributed by atoms with E-state index in [9.17, 15) is 20.4 Å². The predicted molar refractivity (Wildman–Crippen MR) is 58.8 cm³/mol. The fourth-order valence-electron chi connectivity index (χ4n) is 1.63. The van der Waals surface area contributed by atoms with Gasteiger partial charge in [0, 0.05) is 0 Å².